The Kier molecular flexibility index (Phi) is 3.08. The van der Waals surface area contributed by atoms with Crippen molar-refractivity contribution >= 4 is 16.7 Å². The van der Waals surface area contributed by atoms with Gasteiger partial charge in [-0.2, -0.15) is 0 Å². The summed E-state index contributed by atoms with van der Waals surface area (Å²) in [4.78, 5) is 18.8. The minimum Gasteiger partial charge on any atom is -0.497 e. The number of nitrogens with one attached hydrogen (secondary N) is 1. The molecule has 1 aromatic heterocycles. The predicted octanol–water partition coefficient (Wildman–Crippen LogP) is 3.14. The van der Waals surface area contributed by atoms with E-state index in [2.05, 4.69) is 16.0 Å². The first-order valence-electron chi connectivity index (χ1n) is 7.81. The third kappa shape index (κ3) is 1.91. The van der Waals surface area contributed by atoms with Gasteiger partial charge in [0.05, 0.1) is 12.8 Å². The molecule has 2 aromatic rings. The predicted molar refractivity (Wildman–Crippen MR) is 86.3 cm³/mol. The first-order valence-corrected chi connectivity index (χ1v) is 7.81. The second kappa shape index (κ2) is 4.99. The number of aromatic amines is 1. The summed E-state index contributed by atoms with van der Waals surface area (Å²) in [5.74, 6) is 1.12. The molecule has 3 aliphatic rings. The lowest BCUT2D eigenvalue weighted by Crippen LogP contribution is -2.40. The number of benzene rings is 1. The topological polar surface area (TPSA) is 45.3 Å². The quantitative estimate of drug-likeness (QED) is 0.822. The molecule has 1 N–H and O–H groups in total. The number of carbonyl (C=O) groups is 1. The van der Waals surface area contributed by atoms with E-state index in [0.29, 0.717) is 0 Å². The second-order valence-electron chi connectivity index (χ2n) is 6.17. The second-order valence-corrected chi connectivity index (χ2v) is 6.17. The molecule has 0 spiro atoms. The van der Waals surface area contributed by atoms with Crippen LogP contribution in [0.3, 0.4) is 0 Å². The monoisotopic (exact) mass is 296 g/mol. The number of hydrogen-bond donors (Lipinski definition) is 1. The van der Waals surface area contributed by atoms with Gasteiger partial charge in [0.15, 0.2) is 5.78 Å². The van der Waals surface area contributed by atoms with E-state index in [0.717, 1.165) is 54.0 Å². The van der Waals surface area contributed by atoms with Crippen molar-refractivity contribution in [3.63, 3.8) is 0 Å². The highest BCUT2D eigenvalue weighted by molar-refractivity contribution is 6.05. The van der Waals surface area contributed by atoms with Crippen LogP contribution in [0.2, 0.25) is 0 Å². The molecule has 2 atom stereocenters. The van der Waals surface area contributed by atoms with E-state index in [4.69, 9.17) is 4.74 Å². The number of piperidine rings is 1. The summed E-state index contributed by atoms with van der Waals surface area (Å²) in [6.45, 7) is 4.75. The number of ether oxygens (including phenoxy) is 1. The number of allylic oxidation sites excluding steroid dienone is 1. The van der Waals surface area contributed by atoms with Crippen molar-refractivity contribution in [1.29, 1.82) is 0 Å². The smallest absolute Gasteiger partial charge is 0.186 e. The molecule has 0 aliphatic carbocycles. The van der Waals surface area contributed by atoms with Crippen LogP contribution in [0.5, 0.6) is 5.75 Å². The molecule has 22 heavy (non-hydrogen) atoms. The summed E-state index contributed by atoms with van der Waals surface area (Å²) < 4.78 is 5.34. The average molecular weight is 296 g/mol. The van der Waals surface area contributed by atoms with Gasteiger partial charge in [-0.3, -0.25) is 9.69 Å². The van der Waals surface area contributed by atoms with E-state index < -0.39 is 0 Å². The zero-order valence-electron chi connectivity index (χ0n) is 13.0. The van der Waals surface area contributed by atoms with E-state index in [-0.39, 0.29) is 11.7 Å². The molecule has 0 radical (unpaired) electrons. The molecule has 114 valence electrons. The fourth-order valence-corrected chi connectivity index (χ4v) is 3.80. The van der Waals surface area contributed by atoms with Crippen LogP contribution >= 0.6 is 0 Å². The Bertz CT molecular complexity index is 788. The van der Waals surface area contributed by atoms with Gasteiger partial charge in [0.1, 0.15) is 5.75 Å². The highest BCUT2D eigenvalue weighted by Crippen LogP contribution is 2.36. The first kappa shape index (κ1) is 13.6. The van der Waals surface area contributed by atoms with Crippen molar-refractivity contribution in [3.05, 3.63) is 41.1 Å². The van der Waals surface area contributed by atoms with Crippen LogP contribution in [0, 0.1) is 5.92 Å². The normalized spacial score (nSPS) is 26.1. The number of nitrogens with zero attached hydrogens (tertiary/aromatic N) is 1. The van der Waals surface area contributed by atoms with E-state index in [1.807, 2.05) is 25.1 Å². The van der Waals surface area contributed by atoms with Crippen molar-refractivity contribution in [3.8, 4) is 5.75 Å². The molecule has 0 saturated carbocycles. The SMILES string of the molecule is C/C=C1/CN2CC[C@H]1C(=O)c1[nH]c3ccc(OC)cc3c1C2. The molecule has 4 heteroatoms. The number of aromatic nitrogens is 1. The standard InChI is InChI=1S/C18H20N2O2/c1-3-11-9-20-7-6-13(11)18(21)17-15(10-20)14-8-12(22-2)4-5-16(14)19-17/h3-5,8,13,19H,6-7,9-10H2,1-2H3/b11-3-/t13-/m1/s1. The average Bonchev–Trinajstić information content (AvgIpc) is 2.89. The number of rotatable bonds is 1. The minimum atomic E-state index is 0.0373. The fraction of sp³-hybridized carbons (Fsp3) is 0.389. The van der Waals surface area contributed by atoms with Gasteiger partial charge >= 0.3 is 0 Å². The molecule has 1 unspecified atom stereocenters. The fourth-order valence-electron chi connectivity index (χ4n) is 3.80. The summed E-state index contributed by atoms with van der Waals surface area (Å²) in [6, 6.07) is 5.97. The van der Waals surface area contributed by atoms with Crippen molar-refractivity contribution in [2.24, 2.45) is 5.92 Å². The van der Waals surface area contributed by atoms with Crippen LogP contribution in [-0.4, -0.2) is 35.9 Å². The maximum absolute atomic E-state index is 13.0. The number of Topliss-reactive ketones (excluding diaryl/α,β-unsaturated/α-hetero) is 1. The lowest BCUT2D eigenvalue weighted by Gasteiger charge is -2.36. The molecule has 4 nitrogen and oxygen atoms in total. The zero-order valence-corrected chi connectivity index (χ0v) is 13.0. The Balaban J connectivity index is 1.92. The summed E-state index contributed by atoms with van der Waals surface area (Å²) in [7, 11) is 1.67. The summed E-state index contributed by atoms with van der Waals surface area (Å²) in [5.41, 5.74) is 4.19. The third-order valence-corrected chi connectivity index (χ3v) is 5.02. The third-order valence-electron chi connectivity index (χ3n) is 5.02. The maximum atomic E-state index is 13.0. The highest BCUT2D eigenvalue weighted by atomic mass is 16.5. The van der Waals surface area contributed by atoms with Crippen LogP contribution < -0.4 is 4.74 Å². The Labute approximate surface area is 129 Å². The van der Waals surface area contributed by atoms with E-state index >= 15 is 0 Å². The van der Waals surface area contributed by atoms with Gasteiger partial charge in [-0.25, -0.2) is 0 Å². The minimum absolute atomic E-state index is 0.0373. The molecule has 2 bridgehead atoms. The zero-order chi connectivity index (χ0) is 15.3. The van der Waals surface area contributed by atoms with Crippen molar-refractivity contribution in [2.45, 2.75) is 19.9 Å². The van der Waals surface area contributed by atoms with Gasteiger partial charge in [0.25, 0.3) is 0 Å². The van der Waals surface area contributed by atoms with Gasteiger partial charge in [0, 0.05) is 35.5 Å². The first-order chi connectivity index (χ1) is 10.7. The number of methoxy groups -OCH3 is 1. The Hall–Kier alpha value is -2.07. The number of hydrogen-bond acceptors (Lipinski definition) is 3. The van der Waals surface area contributed by atoms with Gasteiger partial charge in [-0.15, -0.1) is 0 Å². The molecule has 1 aromatic carbocycles. The van der Waals surface area contributed by atoms with Crippen molar-refractivity contribution in [2.75, 3.05) is 20.2 Å². The van der Waals surface area contributed by atoms with Gasteiger partial charge in [-0.1, -0.05) is 6.08 Å². The molecule has 3 aliphatic heterocycles. The number of ketones is 1. The Morgan fingerprint density at radius 3 is 3.00 bits per heavy atom. The van der Waals surface area contributed by atoms with E-state index in [9.17, 15) is 4.79 Å². The molecular formula is C18H20N2O2. The molecule has 1 saturated heterocycles. The van der Waals surface area contributed by atoms with E-state index in [1.54, 1.807) is 7.11 Å². The van der Waals surface area contributed by atoms with Crippen LogP contribution in [0.15, 0.2) is 29.8 Å². The van der Waals surface area contributed by atoms with Crippen molar-refractivity contribution < 1.29 is 9.53 Å². The molecule has 5 rings (SSSR count). The highest BCUT2D eigenvalue weighted by Gasteiger charge is 2.35. The van der Waals surface area contributed by atoms with Crippen LogP contribution in [-0.2, 0) is 6.54 Å². The molecule has 4 heterocycles. The lowest BCUT2D eigenvalue weighted by atomic mass is 9.83. The van der Waals surface area contributed by atoms with Crippen LogP contribution in [0.1, 0.15) is 29.4 Å². The van der Waals surface area contributed by atoms with Gasteiger partial charge < -0.3 is 9.72 Å². The van der Waals surface area contributed by atoms with Crippen LogP contribution in [0.4, 0.5) is 0 Å². The number of H-pyrrole nitrogens is 1. The van der Waals surface area contributed by atoms with Crippen LogP contribution in [0.25, 0.3) is 10.9 Å². The Morgan fingerprint density at radius 1 is 1.36 bits per heavy atom. The summed E-state index contributed by atoms with van der Waals surface area (Å²) in [5, 5.41) is 1.11. The summed E-state index contributed by atoms with van der Waals surface area (Å²) >= 11 is 0. The lowest BCUT2D eigenvalue weighted by molar-refractivity contribution is 0.0875. The maximum Gasteiger partial charge on any atom is 0.186 e. The molecule has 1 fully saturated rings. The van der Waals surface area contributed by atoms with Gasteiger partial charge in [-0.05, 0) is 43.7 Å². The van der Waals surface area contributed by atoms with Gasteiger partial charge in [0.2, 0.25) is 0 Å². The van der Waals surface area contributed by atoms with Crippen molar-refractivity contribution in [1.82, 2.24) is 9.88 Å². The number of fused-ring (bicyclic) bond motifs is 3. The largest absolute Gasteiger partial charge is 0.497 e. The number of carbonyl (C=O) groups excluding carboxylic acids is 1. The molecular weight excluding hydrogens is 276 g/mol. The summed E-state index contributed by atoms with van der Waals surface area (Å²) in [6.07, 6.45) is 3.04. The Morgan fingerprint density at radius 2 is 2.23 bits per heavy atom. The van der Waals surface area contributed by atoms with E-state index in [1.165, 1.54) is 5.57 Å². The molecule has 0 amide bonds.